The first-order valence-corrected chi connectivity index (χ1v) is 8.35. The monoisotopic (exact) mass is 393 g/mol. The third-order valence-electron chi connectivity index (χ3n) is 3.96. The van der Waals surface area contributed by atoms with Gasteiger partial charge >= 0.3 is 11.9 Å². The molecule has 0 radical (unpaired) electrons. The number of nitrogens with zero attached hydrogens (tertiary/aromatic N) is 1. The SMILES string of the molecule is N#C/C(=C/c1ccc(-c2ccc(C(=O)O)c(Cl)c2)o1)c1ccc(C(=O)O)cc1. The van der Waals surface area contributed by atoms with E-state index in [9.17, 15) is 14.9 Å². The van der Waals surface area contributed by atoms with Gasteiger partial charge in [-0.15, -0.1) is 0 Å². The van der Waals surface area contributed by atoms with Crippen LogP contribution in [0.25, 0.3) is 23.0 Å². The van der Waals surface area contributed by atoms with Crippen molar-refractivity contribution in [1.82, 2.24) is 0 Å². The van der Waals surface area contributed by atoms with E-state index < -0.39 is 11.9 Å². The van der Waals surface area contributed by atoms with Gasteiger partial charge in [-0.3, -0.25) is 0 Å². The van der Waals surface area contributed by atoms with Crippen LogP contribution in [0.15, 0.2) is 59.0 Å². The van der Waals surface area contributed by atoms with Crippen molar-refractivity contribution in [2.45, 2.75) is 0 Å². The normalized spacial score (nSPS) is 11.1. The van der Waals surface area contributed by atoms with Gasteiger partial charge in [-0.1, -0.05) is 29.8 Å². The molecule has 0 saturated carbocycles. The van der Waals surface area contributed by atoms with Crippen LogP contribution in [0.3, 0.4) is 0 Å². The molecule has 6 nitrogen and oxygen atoms in total. The number of hydrogen-bond acceptors (Lipinski definition) is 4. The average molecular weight is 394 g/mol. The summed E-state index contributed by atoms with van der Waals surface area (Å²) in [7, 11) is 0. The van der Waals surface area contributed by atoms with Crippen molar-refractivity contribution in [3.63, 3.8) is 0 Å². The first-order valence-electron chi connectivity index (χ1n) is 7.97. The first kappa shape index (κ1) is 19.0. The maximum absolute atomic E-state index is 11.0. The molecule has 3 rings (SSSR count). The molecule has 3 aromatic rings. The average Bonchev–Trinajstić information content (AvgIpc) is 3.14. The molecule has 1 aromatic heterocycles. The molecule has 0 aliphatic rings. The molecule has 138 valence electrons. The van der Waals surface area contributed by atoms with Crippen molar-refractivity contribution in [2.24, 2.45) is 0 Å². The minimum absolute atomic E-state index is 0.00586. The van der Waals surface area contributed by atoms with Gasteiger partial charge in [-0.2, -0.15) is 5.26 Å². The Morgan fingerprint density at radius 3 is 2.21 bits per heavy atom. The van der Waals surface area contributed by atoms with Crippen molar-refractivity contribution in [3.05, 3.63) is 82.1 Å². The van der Waals surface area contributed by atoms with Crippen molar-refractivity contribution in [1.29, 1.82) is 5.26 Å². The molecular weight excluding hydrogens is 382 g/mol. The van der Waals surface area contributed by atoms with Crippen LogP contribution >= 0.6 is 11.6 Å². The summed E-state index contributed by atoms with van der Waals surface area (Å²) in [5.74, 6) is -1.29. The Labute approximate surface area is 164 Å². The lowest BCUT2D eigenvalue weighted by molar-refractivity contribution is 0.0686. The Hall–Kier alpha value is -3.82. The van der Waals surface area contributed by atoms with Crippen LogP contribution in [0, 0.1) is 11.3 Å². The van der Waals surface area contributed by atoms with E-state index in [1.807, 2.05) is 0 Å². The minimum atomic E-state index is -1.12. The number of benzene rings is 2. The Balaban J connectivity index is 1.90. The number of carboxylic acid groups (broad SMARTS) is 2. The predicted molar refractivity (Wildman–Crippen MR) is 103 cm³/mol. The number of nitriles is 1. The fourth-order valence-corrected chi connectivity index (χ4v) is 2.80. The van der Waals surface area contributed by atoms with Crippen molar-refractivity contribution in [3.8, 4) is 17.4 Å². The molecular formula is C21H12ClNO5. The highest BCUT2D eigenvalue weighted by Crippen LogP contribution is 2.29. The van der Waals surface area contributed by atoms with E-state index >= 15 is 0 Å². The maximum atomic E-state index is 11.0. The molecule has 0 unspecified atom stereocenters. The number of rotatable bonds is 5. The van der Waals surface area contributed by atoms with Gasteiger partial charge < -0.3 is 14.6 Å². The van der Waals surface area contributed by atoms with Gasteiger partial charge in [0.05, 0.1) is 27.8 Å². The second kappa shape index (κ2) is 7.82. The van der Waals surface area contributed by atoms with Gasteiger partial charge in [0, 0.05) is 5.56 Å². The van der Waals surface area contributed by atoms with Crippen LogP contribution in [-0.2, 0) is 0 Å². The summed E-state index contributed by atoms with van der Waals surface area (Å²) in [5, 5.41) is 27.5. The quantitative estimate of drug-likeness (QED) is 0.586. The van der Waals surface area contributed by atoms with Gasteiger partial charge in [-0.05, 0) is 48.0 Å². The smallest absolute Gasteiger partial charge is 0.337 e. The van der Waals surface area contributed by atoms with Crippen LogP contribution in [0.5, 0.6) is 0 Å². The molecule has 7 heteroatoms. The molecule has 1 heterocycles. The Kier molecular flexibility index (Phi) is 5.30. The summed E-state index contributed by atoms with van der Waals surface area (Å²) in [6.45, 7) is 0. The lowest BCUT2D eigenvalue weighted by atomic mass is 10.0. The highest BCUT2D eigenvalue weighted by Gasteiger charge is 2.12. The number of aromatic carboxylic acids is 2. The van der Waals surface area contributed by atoms with E-state index in [4.69, 9.17) is 26.2 Å². The van der Waals surface area contributed by atoms with Gasteiger partial charge in [0.2, 0.25) is 0 Å². The summed E-state index contributed by atoms with van der Waals surface area (Å²) in [4.78, 5) is 22.0. The zero-order valence-corrected chi connectivity index (χ0v) is 15.0. The zero-order valence-electron chi connectivity index (χ0n) is 14.2. The first-order chi connectivity index (χ1) is 13.4. The highest BCUT2D eigenvalue weighted by molar-refractivity contribution is 6.33. The summed E-state index contributed by atoms with van der Waals surface area (Å²) in [6, 6.07) is 15.8. The Bertz CT molecular complexity index is 1140. The van der Waals surface area contributed by atoms with Crippen LogP contribution in [0.4, 0.5) is 0 Å². The van der Waals surface area contributed by atoms with E-state index in [-0.39, 0.29) is 16.1 Å². The van der Waals surface area contributed by atoms with Gasteiger partial charge in [0.25, 0.3) is 0 Å². The summed E-state index contributed by atoms with van der Waals surface area (Å²) in [5.41, 5.74) is 1.58. The molecule has 0 amide bonds. The molecule has 0 saturated heterocycles. The number of halogens is 1. The number of hydrogen-bond donors (Lipinski definition) is 2. The summed E-state index contributed by atoms with van der Waals surface area (Å²) in [6.07, 6.45) is 1.53. The Morgan fingerprint density at radius 1 is 0.964 bits per heavy atom. The van der Waals surface area contributed by atoms with Crippen LogP contribution in [-0.4, -0.2) is 22.2 Å². The number of furan rings is 1. The zero-order chi connectivity index (χ0) is 20.3. The van der Waals surface area contributed by atoms with Crippen LogP contribution < -0.4 is 0 Å². The van der Waals surface area contributed by atoms with E-state index in [1.165, 1.54) is 30.3 Å². The largest absolute Gasteiger partial charge is 0.478 e. The fourth-order valence-electron chi connectivity index (χ4n) is 2.54. The summed E-state index contributed by atoms with van der Waals surface area (Å²) >= 11 is 5.98. The summed E-state index contributed by atoms with van der Waals surface area (Å²) < 4.78 is 5.71. The topological polar surface area (TPSA) is 112 Å². The van der Waals surface area contributed by atoms with E-state index in [1.54, 1.807) is 30.3 Å². The molecule has 0 bridgehead atoms. The van der Waals surface area contributed by atoms with Crippen molar-refractivity contribution in [2.75, 3.05) is 0 Å². The maximum Gasteiger partial charge on any atom is 0.337 e. The molecule has 0 aliphatic carbocycles. The van der Waals surface area contributed by atoms with Crippen LogP contribution in [0.2, 0.25) is 5.02 Å². The van der Waals surface area contributed by atoms with Crippen molar-refractivity contribution < 1.29 is 24.2 Å². The molecule has 0 spiro atoms. The lowest BCUT2D eigenvalue weighted by Crippen LogP contribution is -1.96. The van der Waals surface area contributed by atoms with Gasteiger partial charge in [0.15, 0.2) is 0 Å². The van der Waals surface area contributed by atoms with E-state index in [2.05, 4.69) is 6.07 Å². The minimum Gasteiger partial charge on any atom is -0.478 e. The molecule has 0 fully saturated rings. The highest BCUT2D eigenvalue weighted by atomic mass is 35.5. The third kappa shape index (κ3) is 3.95. The second-order valence-corrected chi connectivity index (χ2v) is 6.16. The van der Waals surface area contributed by atoms with Gasteiger partial charge in [-0.25, -0.2) is 9.59 Å². The number of carbonyl (C=O) groups is 2. The molecule has 0 aliphatic heterocycles. The van der Waals surface area contributed by atoms with E-state index in [0.717, 1.165) is 0 Å². The molecule has 2 N–H and O–H groups in total. The number of allylic oxidation sites excluding steroid dienone is 1. The predicted octanol–water partition coefficient (Wildman–Crippen LogP) is 5.06. The lowest BCUT2D eigenvalue weighted by Gasteiger charge is -2.02. The van der Waals surface area contributed by atoms with E-state index in [0.29, 0.717) is 28.2 Å². The van der Waals surface area contributed by atoms with Crippen LogP contribution in [0.1, 0.15) is 32.0 Å². The standard InChI is InChI=1S/C21H12ClNO5/c22-18-10-14(5-7-17(18)21(26)27)19-8-6-16(28-19)9-15(11-23)12-1-3-13(4-2-12)20(24)25/h1-10H,(H,24,25)(H,26,27)/b15-9-. The second-order valence-electron chi connectivity index (χ2n) is 5.75. The molecule has 28 heavy (non-hydrogen) atoms. The Morgan fingerprint density at radius 2 is 1.64 bits per heavy atom. The molecule has 0 atom stereocenters. The third-order valence-corrected chi connectivity index (χ3v) is 4.27. The van der Waals surface area contributed by atoms with Gasteiger partial charge in [0.1, 0.15) is 11.5 Å². The molecule has 2 aromatic carbocycles. The number of carboxylic acids is 2. The van der Waals surface area contributed by atoms with Crippen molar-refractivity contribution >= 4 is 35.2 Å². The fraction of sp³-hybridized carbons (Fsp3) is 0.